The van der Waals surface area contributed by atoms with Gasteiger partial charge in [-0.1, -0.05) is 0 Å². The summed E-state index contributed by atoms with van der Waals surface area (Å²) < 4.78 is 0. The highest BCUT2D eigenvalue weighted by Gasteiger charge is 2.07. The summed E-state index contributed by atoms with van der Waals surface area (Å²) in [5, 5.41) is 8.51. The Balaban J connectivity index is 4.04. The van der Waals surface area contributed by atoms with E-state index in [0.717, 1.165) is 0 Å². The fourth-order valence-corrected chi connectivity index (χ4v) is 0.671. The van der Waals surface area contributed by atoms with Crippen LogP contribution in [0.2, 0.25) is 0 Å². The van der Waals surface area contributed by atoms with E-state index in [0.29, 0.717) is 0 Å². The SMILES string of the molecule is CC(C)N(C#N)C(N)=S. The van der Waals surface area contributed by atoms with Crippen molar-refractivity contribution in [1.82, 2.24) is 4.90 Å². The molecule has 0 heterocycles. The average molecular weight is 143 g/mol. The molecule has 0 spiro atoms. The Kier molecular flexibility index (Phi) is 2.96. The first-order valence-corrected chi connectivity index (χ1v) is 2.98. The molecule has 0 aromatic carbocycles. The largest absolute Gasteiger partial charge is 0.375 e. The van der Waals surface area contributed by atoms with E-state index in [1.165, 1.54) is 4.90 Å². The van der Waals surface area contributed by atoms with Gasteiger partial charge in [-0.05, 0) is 26.1 Å². The van der Waals surface area contributed by atoms with Gasteiger partial charge in [0.05, 0.1) is 0 Å². The highest BCUT2D eigenvalue weighted by Crippen LogP contribution is 1.93. The molecule has 0 bridgehead atoms. The van der Waals surface area contributed by atoms with Crippen LogP contribution in [0.1, 0.15) is 13.8 Å². The van der Waals surface area contributed by atoms with E-state index in [9.17, 15) is 0 Å². The lowest BCUT2D eigenvalue weighted by Crippen LogP contribution is -2.36. The molecule has 0 aromatic heterocycles. The second kappa shape index (κ2) is 3.25. The van der Waals surface area contributed by atoms with E-state index in [4.69, 9.17) is 11.0 Å². The van der Waals surface area contributed by atoms with Crippen molar-refractivity contribution in [2.45, 2.75) is 19.9 Å². The zero-order valence-corrected chi connectivity index (χ0v) is 6.27. The van der Waals surface area contributed by atoms with Crippen LogP contribution in [0.4, 0.5) is 0 Å². The van der Waals surface area contributed by atoms with E-state index in [2.05, 4.69) is 12.2 Å². The van der Waals surface area contributed by atoms with E-state index in [-0.39, 0.29) is 11.2 Å². The maximum atomic E-state index is 8.38. The second-order valence-corrected chi connectivity index (χ2v) is 2.32. The molecule has 0 aromatic rings. The number of nitrogens with two attached hydrogens (primary N) is 1. The molecule has 3 nitrogen and oxygen atoms in total. The van der Waals surface area contributed by atoms with Gasteiger partial charge in [0.2, 0.25) is 0 Å². The standard InChI is InChI=1S/C5H9N3S/c1-4(2)8(3-6)5(7)9/h4H,1-2H3,(H2,7,9). The molecule has 4 heteroatoms. The third kappa shape index (κ3) is 2.29. The molecule has 0 unspecified atom stereocenters. The van der Waals surface area contributed by atoms with Gasteiger partial charge in [0, 0.05) is 6.04 Å². The summed E-state index contributed by atoms with van der Waals surface area (Å²) >= 11 is 4.57. The predicted octanol–water partition coefficient (Wildman–Crippen LogP) is 0.421. The summed E-state index contributed by atoms with van der Waals surface area (Å²) in [7, 11) is 0. The van der Waals surface area contributed by atoms with E-state index < -0.39 is 0 Å². The maximum Gasteiger partial charge on any atom is 0.186 e. The Morgan fingerprint density at radius 2 is 2.22 bits per heavy atom. The van der Waals surface area contributed by atoms with Crippen LogP contribution in [0.3, 0.4) is 0 Å². The van der Waals surface area contributed by atoms with E-state index >= 15 is 0 Å². The van der Waals surface area contributed by atoms with Crippen LogP contribution in [0.5, 0.6) is 0 Å². The number of hydrogen-bond acceptors (Lipinski definition) is 2. The van der Waals surface area contributed by atoms with Crippen molar-refractivity contribution in [2.75, 3.05) is 0 Å². The van der Waals surface area contributed by atoms with Crippen LogP contribution < -0.4 is 5.73 Å². The molecule has 0 atom stereocenters. The molecule has 2 N–H and O–H groups in total. The molecule has 0 radical (unpaired) electrons. The summed E-state index contributed by atoms with van der Waals surface area (Å²) in [5.41, 5.74) is 5.18. The van der Waals surface area contributed by atoms with Crippen LogP contribution >= 0.6 is 12.2 Å². The average Bonchev–Trinajstić information content (AvgIpc) is 1.64. The number of nitriles is 1. The molecular weight excluding hydrogens is 134 g/mol. The van der Waals surface area contributed by atoms with Crippen molar-refractivity contribution in [1.29, 1.82) is 5.26 Å². The van der Waals surface area contributed by atoms with Crippen LogP contribution in [-0.4, -0.2) is 16.1 Å². The molecule has 0 saturated heterocycles. The third-order valence-electron chi connectivity index (χ3n) is 0.862. The fraction of sp³-hybridized carbons (Fsp3) is 0.600. The van der Waals surface area contributed by atoms with Gasteiger partial charge in [-0.3, -0.25) is 4.90 Å². The third-order valence-corrected chi connectivity index (χ3v) is 1.06. The van der Waals surface area contributed by atoms with Gasteiger partial charge in [0.1, 0.15) is 0 Å². The van der Waals surface area contributed by atoms with E-state index in [1.807, 2.05) is 20.0 Å². The smallest absolute Gasteiger partial charge is 0.186 e. The lowest BCUT2D eigenvalue weighted by molar-refractivity contribution is 0.477. The first-order valence-electron chi connectivity index (χ1n) is 2.58. The summed E-state index contributed by atoms with van der Waals surface area (Å²) in [4.78, 5) is 1.27. The van der Waals surface area contributed by atoms with Gasteiger partial charge in [-0.15, -0.1) is 0 Å². The van der Waals surface area contributed by atoms with Gasteiger partial charge < -0.3 is 5.73 Å². The Hall–Kier alpha value is -0.820. The van der Waals surface area contributed by atoms with Crippen molar-refractivity contribution in [2.24, 2.45) is 5.73 Å². The number of thiocarbonyl (C=S) groups is 1. The van der Waals surface area contributed by atoms with Gasteiger partial charge in [0.15, 0.2) is 11.3 Å². The predicted molar refractivity (Wildman–Crippen MR) is 39.4 cm³/mol. The Bertz CT molecular complexity index is 147. The quantitative estimate of drug-likeness (QED) is 0.328. The molecule has 9 heavy (non-hydrogen) atoms. The van der Waals surface area contributed by atoms with Gasteiger partial charge in [0.25, 0.3) is 0 Å². The van der Waals surface area contributed by atoms with Crippen LogP contribution in [0.25, 0.3) is 0 Å². The molecule has 0 aliphatic heterocycles. The Morgan fingerprint density at radius 1 is 1.78 bits per heavy atom. The van der Waals surface area contributed by atoms with Crippen molar-refractivity contribution < 1.29 is 0 Å². The molecule has 0 saturated carbocycles. The number of rotatable bonds is 1. The lowest BCUT2D eigenvalue weighted by Gasteiger charge is -2.16. The van der Waals surface area contributed by atoms with E-state index in [1.54, 1.807) is 0 Å². The number of hydrogen-bond donors (Lipinski definition) is 1. The van der Waals surface area contributed by atoms with Crippen LogP contribution in [-0.2, 0) is 0 Å². The minimum absolute atomic E-state index is 0.0625. The molecule has 0 fully saturated rings. The lowest BCUT2D eigenvalue weighted by atomic mass is 10.4. The molecular formula is C5H9N3S. The van der Waals surface area contributed by atoms with Crippen molar-refractivity contribution >= 4 is 17.3 Å². The van der Waals surface area contributed by atoms with Gasteiger partial charge >= 0.3 is 0 Å². The Morgan fingerprint density at radius 3 is 2.22 bits per heavy atom. The molecule has 0 rings (SSSR count). The zero-order valence-electron chi connectivity index (χ0n) is 5.46. The summed E-state index contributed by atoms with van der Waals surface area (Å²) in [6, 6.07) is 0.0625. The minimum atomic E-state index is 0.0625. The monoisotopic (exact) mass is 143 g/mol. The van der Waals surface area contributed by atoms with Crippen molar-refractivity contribution in [3.05, 3.63) is 0 Å². The van der Waals surface area contributed by atoms with Crippen molar-refractivity contribution in [3.63, 3.8) is 0 Å². The highest BCUT2D eigenvalue weighted by atomic mass is 32.1. The molecule has 0 amide bonds. The van der Waals surface area contributed by atoms with Crippen molar-refractivity contribution in [3.8, 4) is 6.19 Å². The molecule has 50 valence electrons. The summed E-state index contributed by atoms with van der Waals surface area (Å²) in [6.07, 6.45) is 1.87. The zero-order chi connectivity index (χ0) is 7.44. The molecule has 0 aliphatic rings. The minimum Gasteiger partial charge on any atom is -0.375 e. The highest BCUT2D eigenvalue weighted by molar-refractivity contribution is 7.80. The van der Waals surface area contributed by atoms with Gasteiger partial charge in [-0.25, -0.2) is 0 Å². The maximum absolute atomic E-state index is 8.38. The van der Waals surface area contributed by atoms with Gasteiger partial charge in [-0.2, -0.15) is 5.26 Å². The Labute approximate surface area is 60.1 Å². The fourth-order valence-electron chi connectivity index (χ4n) is 0.419. The first-order chi connectivity index (χ1) is 4.09. The first kappa shape index (κ1) is 8.18. The number of nitrogens with zero attached hydrogens (tertiary/aromatic N) is 2. The summed E-state index contributed by atoms with van der Waals surface area (Å²) in [6.45, 7) is 3.70. The van der Waals surface area contributed by atoms with Crippen LogP contribution in [0.15, 0.2) is 0 Å². The topological polar surface area (TPSA) is 53.0 Å². The normalized spacial score (nSPS) is 8.67. The molecule has 0 aliphatic carbocycles. The van der Waals surface area contributed by atoms with Crippen LogP contribution in [0, 0.1) is 11.5 Å². The second-order valence-electron chi connectivity index (χ2n) is 1.90. The summed E-state index contributed by atoms with van der Waals surface area (Å²) in [5.74, 6) is 0.